The van der Waals surface area contributed by atoms with Crippen LogP contribution in [0.15, 0.2) is 12.3 Å². The van der Waals surface area contributed by atoms with Gasteiger partial charge in [0.2, 0.25) is 0 Å². The largest absolute Gasteiger partial charge is 0.382 e. The lowest BCUT2D eigenvalue weighted by Crippen LogP contribution is -2.33. The van der Waals surface area contributed by atoms with E-state index < -0.39 is 0 Å². The zero-order valence-electron chi connectivity index (χ0n) is 9.59. The van der Waals surface area contributed by atoms with Gasteiger partial charge >= 0.3 is 0 Å². The number of aryl methyl sites for hydroxylation is 1. The van der Waals surface area contributed by atoms with Gasteiger partial charge in [-0.15, -0.1) is 0 Å². The molecule has 88 valence electrons. The monoisotopic (exact) mass is 239 g/mol. The smallest absolute Gasteiger partial charge is 0.152 e. The van der Waals surface area contributed by atoms with Crippen LogP contribution < -0.4 is 10.6 Å². The van der Waals surface area contributed by atoms with Gasteiger partial charge in [0.25, 0.3) is 0 Å². The summed E-state index contributed by atoms with van der Waals surface area (Å²) >= 11 is 6.02. The fourth-order valence-electron chi connectivity index (χ4n) is 2.03. The maximum Gasteiger partial charge on any atom is 0.152 e. The average Bonchev–Trinajstić information content (AvgIpc) is 2.32. The van der Waals surface area contributed by atoms with Crippen molar-refractivity contribution in [2.24, 2.45) is 5.92 Å². The Morgan fingerprint density at radius 2 is 2.50 bits per heavy atom. The van der Waals surface area contributed by atoms with E-state index in [9.17, 15) is 0 Å². The van der Waals surface area contributed by atoms with Gasteiger partial charge in [-0.05, 0) is 50.4 Å². The van der Waals surface area contributed by atoms with Crippen LogP contribution in [0.4, 0.5) is 5.69 Å². The second-order valence-corrected chi connectivity index (χ2v) is 4.80. The highest BCUT2D eigenvalue weighted by molar-refractivity contribution is 6.31. The van der Waals surface area contributed by atoms with Crippen molar-refractivity contribution in [2.75, 3.05) is 25.0 Å². The third kappa shape index (κ3) is 3.09. The van der Waals surface area contributed by atoms with Crippen LogP contribution in [-0.2, 0) is 0 Å². The van der Waals surface area contributed by atoms with Gasteiger partial charge in [0.05, 0.1) is 5.69 Å². The second kappa shape index (κ2) is 5.51. The first-order valence-corrected chi connectivity index (χ1v) is 6.20. The lowest BCUT2D eigenvalue weighted by Gasteiger charge is -2.23. The van der Waals surface area contributed by atoms with E-state index in [0.29, 0.717) is 11.1 Å². The lowest BCUT2D eigenvalue weighted by atomic mass is 10.00. The highest BCUT2D eigenvalue weighted by Gasteiger charge is 2.13. The molecule has 1 aromatic rings. The van der Waals surface area contributed by atoms with Gasteiger partial charge in [-0.25, -0.2) is 4.98 Å². The molecule has 0 radical (unpaired) electrons. The molecule has 0 spiro atoms. The molecule has 0 aliphatic carbocycles. The average molecular weight is 240 g/mol. The van der Waals surface area contributed by atoms with Crippen LogP contribution in [0, 0.1) is 12.8 Å². The molecule has 1 aliphatic heterocycles. The van der Waals surface area contributed by atoms with E-state index in [1.165, 1.54) is 12.8 Å². The van der Waals surface area contributed by atoms with Gasteiger partial charge in [-0.3, -0.25) is 0 Å². The first-order valence-electron chi connectivity index (χ1n) is 5.82. The number of nitrogens with zero attached hydrogens (tertiary/aromatic N) is 1. The summed E-state index contributed by atoms with van der Waals surface area (Å²) in [7, 11) is 0. The van der Waals surface area contributed by atoms with Crippen molar-refractivity contribution in [3.8, 4) is 0 Å². The molecule has 2 N–H and O–H groups in total. The van der Waals surface area contributed by atoms with Crippen LogP contribution in [-0.4, -0.2) is 24.6 Å². The molecule has 0 saturated carbocycles. The zero-order chi connectivity index (χ0) is 11.4. The minimum atomic E-state index is 0.564. The van der Waals surface area contributed by atoms with Gasteiger partial charge in [0.1, 0.15) is 0 Å². The van der Waals surface area contributed by atoms with Crippen LogP contribution >= 0.6 is 11.6 Å². The second-order valence-electron chi connectivity index (χ2n) is 4.44. The summed E-state index contributed by atoms with van der Waals surface area (Å²) in [5.74, 6) is 0.699. The molecular formula is C12H18ClN3. The Labute approximate surface area is 102 Å². The molecule has 0 aromatic carbocycles. The number of rotatable bonds is 3. The van der Waals surface area contributed by atoms with E-state index in [0.717, 1.165) is 30.9 Å². The molecule has 1 unspecified atom stereocenters. The molecule has 2 heterocycles. The molecule has 1 atom stereocenters. The van der Waals surface area contributed by atoms with E-state index in [4.69, 9.17) is 11.6 Å². The maximum atomic E-state index is 6.02. The molecule has 4 heteroatoms. The molecule has 1 fully saturated rings. The Morgan fingerprint density at radius 3 is 3.25 bits per heavy atom. The van der Waals surface area contributed by atoms with E-state index in [-0.39, 0.29) is 0 Å². The highest BCUT2D eigenvalue weighted by Crippen LogP contribution is 2.20. The van der Waals surface area contributed by atoms with E-state index >= 15 is 0 Å². The molecule has 1 aliphatic rings. The molecule has 16 heavy (non-hydrogen) atoms. The number of hydrogen-bond acceptors (Lipinski definition) is 3. The number of pyridine rings is 1. The Balaban J connectivity index is 1.90. The van der Waals surface area contributed by atoms with Crippen molar-refractivity contribution < 1.29 is 0 Å². The predicted octanol–water partition coefficient (Wildman–Crippen LogP) is 2.45. The Kier molecular flexibility index (Phi) is 4.02. The fraction of sp³-hybridized carbons (Fsp3) is 0.583. The summed E-state index contributed by atoms with van der Waals surface area (Å²) in [6.45, 7) is 5.25. The van der Waals surface area contributed by atoms with Crippen molar-refractivity contribution in [1.82, 2.24) is 10.3 Å². The first kappa shape index (κ1) is 11.7. The first-order chi connectivity index (χ1) is 7.75. The summed E-state index contributed by atoms with van der Waals surface area (Å²) in [5, 5.41) is 7.36. The molecule has 1 saturated heterocycles. The zero-order valence-corrected chi connectivity index (χ0v) is 10.3. The summed E-state index contributed by atoms with van der Waals surface area (Å²) in [5.41, 5.74) is 2.08. The van der Waals surface area contributed by atoms with Crippen molar-refractivity contribution in [3.05, 3.63) is 23.0 Å². The highest BCUT2D eigenvalue weighted by atomic mass is 35.5. The minimum absolute atomic E-state index is 0.564. The van der Waals surface area contributed by atoms with E-state index in [2.05, 4.69) is 15.6 Å². The minimum Gasteiger partial charge on any atom is -0.382 e. The van der Waals surface area contributed by atoms with Gasteiger partial charge in [-0.2, -0.15) is 0 Å². The Bertz CT molecular complexity index is 348. The van der Waals surface area contributed by atoms with E-state index in [1.54, 1.807) is 6.20 Å². The summed E-state index contributed by atoms with van der Waals surface area (Å²) < 4.78 is 0. The van der Waals surface area contributed by atoms with Crippen molar-refractivity contribution in [3.63, 3.8) is 0 Å². The third-order valence-electron chi connectivity index (χ3n) is 2.96. The normalized spacial score (nSPS) is 20.8. The standard InChI is InChI=1S/C12H18ClN3/c1-9-5-11(12(13)16-6-9)15-8-10-3-2-4-14-7-10/h5-6,10,14-15H,2-4,7-8H2,1H3. The van der Waals surface area contributed by atoms with Crippen LogP contribution in [0.3, 0.4) is 0 Å². The van der Waals surface area contributed by atoms with Crippen molar-refractivity contribution >= 4 is 17.3 Å². The molecular weight excluding hydrogens is 222 g/mol. The van der Waals surface area contributed by atoms with Crippen molar-refractivity contribution in [1.29, 1.82) is 0 Å². The Hall–Kier alpha value is -0.800. The summed E-state index contributed by atoms with van der Waals surface area (Å²) in [4.78, 5) is 4.13. The van der Waals surface area contributed by atoms with Crippen LogP contribution in [0.2, 0.25) is 5.15 Å². The third-order valence-corrected chi connectivity index (χ3v) is 3.26. The predicted molar refractivity (Wildman–Crippen MR) is 68.1 cm³/mol. The summed E-state index contributed by atoms with van der Waals surface area (Å²) in [6, 6.07) is 2.05. The van der Waals surface area contributed by atoms with E-state index in [1.807, 2.05) is 13.0 Å². The molecule has 1 aromatic heterocycles. The number of nitrogens with one attached hydrogen (secondary N) is 2. The lowest BCUT2D eigenvalue weighted by molar-refractivity contribution is 0.393. The number of piperidine rings is 1. The molecule has 3 nitrogen and oxygen atoms in total. The molecule has 0 amide bonds. The van der Waals surface area contributed by atoms with Gasteiger partial charge < -0.3 is 10.6 Å². The van der Waals surface area contributed by atoms with Crippen LogP contribution in [0.25, 0.3) is 0 Å². The number of anilines is 1. The Morgan fingerprint density at radius 1 is 1.62 bits per heavy atom. The molecule has 0 bridgehead atoms. The molecule has 2 rings (SSSR count). The van der Waals surface area contributed by atoms with Crippen LogP contribution in [0.1, 0.15) is 18.4 Å². The maximum absolute atomic E-state index is 6.02. The number of hydrogen-bond donors (Lipinski definition) is 2. The van der Waals surface area contributed by atoms with Crippen molar-refractivity contribution in [2.45, 2.75) is 19.8 Å². The summed E-state index contributed by atoms with van der Waals surface area (Å²) in [6.07, 6.45) is 4.35. The van der Waals surface area contributed by atoms with Gasteiger partial charge in [-0.1, -0.05) is 11.6 Å². The SMILES string of the molecule is Cc1cnc(Cl)c(NCC2CCCNC2)c1. The number of halogens is 1. The topological polar surface area (TPSA) is 37.0 Å². The number of aromatic nitrogens is 1. The fourth-order valence-corrected chi connectivity index (χ4v) is 2.20. The quantitative estimate of drug-likeness (QED) is 0.796. The van der Waals surface area contributed by atoms with Crippen LogP contribution in [0.5, 0.6) is 0 Å². The van der Waals surface area contributed by atoms with Gasteiger partial charge in [0, 0.05) is 12.7 Å². The van der Waals surface area contributed by atoms with Gasteiger partial charge in [0.15, 0.2) is 5.15 Å².